The molecule has 0 atom stereocenters. The zero-order valence-electron chi connectivity index (χ0n) is 5.11. The quantitative estimate of drug-likeness (QED) is 0.275. The predicted molar refractivity (Wildman–Crippen MR) is 16.1 cm³/mol. The molecule has 0 aliphatic heterocycles. The van der Waals surface area contributed by atoms with E-state index in [1.165, 1.54) is 0 Å². The summed E-state index contributed by atoms with van der Waals surface area (Å²) in [6.07, 6.45) is 0. The summed E-state index contributed by atoms with van der Waals surface area (Å²) in [5.41, 5.74) is 0. The van der Waals surface area contributed by atoms with Crippen LogP contribution in [0.15, 0.2) is 0 Å². The van der Waals surface area contributed by atoms with E-state index in [2.05, 4.69) is 0 Å². The third-order valence-corrected chi connectivity index (χ3v) is 0. The summed E-state index contributed by atoms with van der Waals surface area (Å²) in [4.78, 5) is 21.6. The summed E-state index contributed by atoms with van der Waals surface area (Å²) >= 11 is 0.750. The van der Waals surface area contributed by atoms with Crippen molar-refractivity contribution in [2.24, 2.45) is 0 Å². The second-order valence-corrected chi connectivity index (χ2v) is 1.54. The van der Waals surface area contributed by atoms with Crippen molar-refractivity contribution in [2.75, 3.05) is 0 Å². The third kappa shape index (κ3) is 85.2. The van der Waals surface area contributed by atoms with Gasteiger partial charge in [-0.1, -0.05) is 0 Å². The first-order valence-corrected chi connectivity index (χ1v) is 3.19. The Morgan fingerprint density at radius 1 is 1.25 bits per heavy atom. The summed E-state index contributed by atoms with van der Waals surface area (Å²) in [6, 6.07) is 0. The van der Waals surface area contributed by atoms with Crippen molar-refractivity contribution < 1.29 is 95.8 Å². The predicted octanol–water partition coefficient (Wildman–Crippen LogP) is -3.93. The van der Waals surface area contributed by atoms with Crippen LogP contribution in [0.25, 0.3) is 0 Å². The molecule has 0 rings (SSSR count). The van der Waals surface area contributed by atoms with E-state index in [0.29, 0.717) is 0 Å². The summed E-state index contributed by atoms with van der Waals surface area (Å²) in [5, 5.41) is 0. The van der Waals surface area contributed by atoms with Gasteiger partial charge in [-0.3, -0.25) is 0 Å². The molecule has 0 bridgehead atoms. The topological polar surface area (TPSA) is 94.8 Å². The number of hydrogen-bond donors (Lipinski definition) is 3. The third-order valence-electron chi connectivity index (χ3n) is 0. The molecule has 8 heavy (non-hydrogen) atoms. The van der Waals surface area contributed by atoms with Gasteiger partial charge in [0.2, 0.25) is 0 Å². The van der Waals surface area contributed by atoms with Crippen LogP contribution in [0.4, 0.5) is 0 Å². The molecule has 0 aromatic heterocycles. The average molecular weight is 202 g/mol. The molecule has 44 valence electrons. The first-order chi connectivity index (χ1) is 3.00. The van der Waals surface area contributed by atoms with Crippen molar-refractivity contribution in [1.29, 1.82) is 0 Å². The average Bonchev–Trinajstić information content (AvgIpc) is 1.36. The van der Waals surface area contributed by atoms with Gasteiger partial charge < -0.3 is 16.1 Å². The van der Waals surface area contributed by atoms with E-state index < -0.39 is 7.82 Å². The number of rotatable bonds is 0. The Hall–Kier alpha value is 2.26. The van der Waals surface area contributed by atoms with Gasteiger partial charge in [0, 0.05) is 0 Å². The van der Waals surface area contributed by atoms with Gasteiger partial charge in [0.05, 0.1) is 0 Å². The first kappa shape index (κ1) is 16.7. The zero-order chi connectivity index (χ0) is 6.50. The van der Waals surface area contributed by atoms with Gasteiger partial charge in [-0.2, -0.15) is 0 Å². The van der Waals surface area contributed by atoms with Crippen LogP contribution in [0.2, 0.25) is 0 Å². The van der Waals surface area contributed by atoms with Crippen LogP contribution in [0, 0.1) is 0 Å². The molecule has 0 amide bonds. The minimum atomic E-state index is -4.64. The maximum atomic E-state index is 8.88. The molecule has 0 aromatic rings. The van der Waals surface area contributed by atoms with Crippen molar-refractivity contribution in [3.05, 3.63) is 0 Å². The van der Waals surface area contributed by atoms with Crippen LogP contribution in [0.1, 0.15) is 1.43 Å². The van der Waals surface area contributed by atoms with Crippen molar-refractivity contribution in [2.45, 2.75) is 0 Å². The zero-order valence-corrected chi connectivity index (χ0v) is 9.68. The molecular formula is H4KO5PTi. The fourth-order valence-electron chi connectivity index (χ4n) is 0. The van der Waals surface area contributed by atoms with Gasteiger partial charge in [-0.15, -0.1) is 0 Å². The van der Waals surface area contributed by atoms with Crippen molar-refractivity contribution in [3.8, 4) is 0 Å². The molecule has 0 saturated carbocycles. The Labute approximate surface area is 102 Å². The van der Waals surface area contributed by atoms with E-state index in [-0.39, 0.29) is 52.8 Å². The molecule has 3 N–H and O–H groups in total. The van der Waals surface area contributed by atoms with Gasteiger partial charge >= 0.3 is 82.9 Å². The Morgan fingerprint density at radius 3 is 1.25 bits per heavy atom. The van der Waals surface area contributed by atoms with Crippen LogP contribution in [0.3, 0.4) is 0 Å². The van der Waals surface area contributed by atoms with Gasteiger partial charge in [0.25, 0.3) is 0 Å². The second kappa shape index (κ2) is 9.26. The fourth-order valence-corrected chi connectivity index (χ4v) is 0. The number of hydrogen-bond acceptors (Lipinski definition) is 2. The Kier molecular flexibility index (Phi) is 19.3. The molecule has 0 saturated heterocycles. The normalized spacial score (nSPS) is 7.75. The van der Waals surface area contributed by atoms with E-state index in [9.17, 15) is 0 Å². The molecule has 0 aliphatic rings. The van der Waals surface area contributed by atoms with Crippen molar-refractivity contribution >= 4 is 7.82 Å². The standard InChI is InChI=1S/K.H3O4P.O.Ti.H/c;1-5(2,3)4;;;/h;(H3,1,2,3,4);;;/q+1;;;;-1. The Bertz CT molecular complexity index is 72.8. The van der Waals surface area contributed by atoms with Crippen LogP contribution in [-0.2, 0) is 28.3 Å². The van der Waals surface area contributed by atoms with Crippen LogP contribution in [-0.4, -0.2) is 14.7 Å². The molecule has 0 aromatic carbocycles. The van der Waals surface area contributed by atoms with E-state index >= 15 is 0 Å². The summed E-state index contributed by atoms with van der Waals surface area (Å²) < 4.78 is 17.1. The second-order valence-electron chi connectivity index (χ2n) is 0.513. The van der Waals surface area contributed by atoms with Crippen molar-refractivity contribution in [3.63, 3.8) is 0 Å². The minimum absolute atomic E-state index is 0. The molecule has 0 heterocycles. The SMILES string of the molecule is O=P(O)(O)O.[H-].[K+].[O]=[Ti]. The Morgan fingerprint density at radius 2 is 1.25 bits per heavy atom. The van der Waals surface area contributed by atoms with Crippen LogP contribution in [0.5, 0.6) is 0 Å². The maximum absolute atomic E-state index is 8.88. The fraction of sp³-hybridized carbons (Fsp3) is 0. The van der Waals surface area contributed by atoms with Gasteiger partial charge in [0.1, 0.15) is 0 Å². The molecule has 0 fully saturated rings. The summed E-state index contributed by atoms with van der Waals surface area (Å²) in [5.74, 6) is 0. The molecule has 8 heteroatoms. The molecule has 0 spiro atoms. The van der Waals surface area contributed by atoms with Crippen LogP contribution < -0.4 is 51.4 Å². The van der Waals surface area contributed by atoms with Gasteiger partial charge in [-0.25, -0.2) is 4.57 Å². The van der Waals surface area contributed by atoms with E-state index in [4.69, 9.17) is 22.6 Å². The molecule has 0 unspecified atom stereocenters. The van der Waals surface area contributed by atoms with E-state index in [1.807, 2.05) is 0 Å². The van der Waals surface area contributed by atoms with E-state index in [1.54, 1.807) is 0 Å². The molecule has 5 nitrogen and oxygen atoms in total. The molecule has 0 radical (unpaired) electrons. The summed E-state index contributed by atoms with van der Waals surface area (Å²) in [6.45, 7) is 0. The van der Waals surface area contributed by atoms with E-state index in [0.717, 1.165) is 20.4 Å². The van der Waals surface area contributed by atoms with Gasteiger partial charge in [-0.05, 0) is 0 Å². The molecule has 0 aliphatic carbocycles. The number of phosphoric acid groups is 1. The monoisotopic (exact) mass is 202 g/mol. The molecular weight excluding hydrogens is 198 g/mol. The Balaban J connectivity index is -0.0000000286. The van der Waals surface area contributed by atoms with Gasteiger partial charge in [0.15, 0.2) is 0 Å². The van der Waals surface area contributed by atoms with Crippen LogP contribution >= 0.6 is 7.82 Å². The van der Waals surface area contributed by atoms with Crippen molar-refractivity contribution in [1.82, 2.24) is 0 Å². The first-order valence-electron chi connectivity index (χ1n) is 0.987. The summed E-state index contributed by atoms with van der Waals surface area (Å²) in [7, 11) is -4.64.